The normalized spacial score (nSPS) is 25.7. The van der Waals surface area contributed by atoms with Crippen LogP contribution in [0.3, 0.4) is 0 Å². The van der Waals surface area contributed by atoms with E-state index in [1.807, 2.05) is 18.2 Å². The van der Waals surface area contributed by atoms with Gasteiger partial charge in [-0.25, -0.2) is 0 Å². The van der Waals surface area contributed by atoms with E-state index >= 15 is 0 Å². The Morgan fingerprint density at radius 1 is 1.32 bits per heavy atom. The zero-order valence-electron chi connectivity index (χ0n) is 18.2. The number of aryl methyl sites for hydroxylation is 1. The SMILES string of the molecule is Cc1cc(CC(=O)N2C[C@H](O)C[C@H]2C(C)(O)NCC2CCN(c3ccccc3)C2)on1. The van der Waals surface area contributed by atoms with E-state index in [0.29, 0.717) is 24.6 Å². The van der Waals surface area contributed by atoms with E-state index in [9.17, 15) is 15.0 Å². The smallest absolute Gasteiger partial charge is 0.230 e. The maximum Gasteiger partial charge on any atom is 0.230 e. The highest BCUT2D eigenvalue weighted by Crippen LogP contribution is 2.28. The molecule has 2 aliphatic rings. The van der Waals surface area contributed by atoms with Crippen LogP contribution in [0, 0.1) is 12.8 Å². The molecule has 0 bridgehead atoms. The maximum atomic E-state index is 12.9. The summed E-state index contributed by atoms with van der Waals surface area (Å²) in [5.41, 5.74) is 0.635. The van der Waals surface area contributed by atoms with E-state index in [0.717, 1.165) is 25.2 Å². The molecule has 4 rings (SSSR count). The predicted octanol–water partition coefficient (Wildman–Crippen LogP) is 1.31. The second-order valence-corrected chi connectivity index (χ2v) is 9.03. The number of aromatic nitrogens is 1. The largest absolute Gasteiger partial charge is 0.391 e. The number of aliphatic hydroxyl groups is 2. The number of nitrogens with zero attached hydrogens (tertiary/aromatic N) is 3. The third-order valence-corrected chi connectivity index (χ3v) is 6.41. The van der Waals surface area contributed by atoms with Crippen LogP contribution in [-0.4, -0.2) is 70.2 Å². The van der Waals surface area contributed by atoms with Crippen LogP contribution in [0.4, 0.5) is 5.69 Å². The number of carbonyl (C=O) groups is 1. The van der Waals surface area contributed by atoms with Crippen molar-refractivity contribution >= 4 is 11.6 Å². The number of carbonyl (C=O) groups excluding carboxylic acids is 1. The van der Waals surface area contributed by atoms with E-state index in [1.54, 1.807) is 24.8 Å². The summed E-state index contributed by atoms with van der Waals surface area (Å²) in [5.74, 6) is 0.706. The molecule has 2 saturated heterocycles. The Morgan fingerprint density at radius 3 is 2.81 bits per heavy atom. The lowest BCUT2D eigenvalue weighted by Gasteiger charge is -2.37. The average molecular weight is 429 g/mol. The molecule has 8 heteroatoms. The van der Waals surface area contributed by atoms with Gasteiger partial charge in [-0.3, -0.25) is 10.1 Å². The van der Waals surface area contributed by atoms with E-state index in [1.165, 1.54) is 5.69 Å². The van der Waals surface area contributed by atoms with Crippen molar-refractivity contribution in [2.24, 2.45) is 5.92 Å². The Bertz CT molecular complexity index is 885. The van der Waals surface area contributed by atoms with Crippen LogP contribution < -0.4 is 10.2 Å². The molecule has 0 aliphatic carbocycles. The fourth-order valence-electron chi connectivity index (χ4n) is 4.71. The summed E-state index contributed by atoms with van der Waals surface area (Å²) < 4.78 is 5.16. The second-order valence-electron chi connectivity index (χ2n) is 9.03. The van der Waals surface area contributed by atoms with Crippen LogP contribution in [0.2, 0.25) is 0 Å². The predicted molar refractivity (Wildman–Crippen MR) is 116 cm³/mol. The third kappa shape index (κ3) is 5.08. The van der Waals surface area contributed by atoms with Crippen LogP contribution in [0.25, 0.3) is 0 Å². The minimum Gasteiger partial charge on any atom is -0.391 e. The number of anilines is 1. The van der Waals surface area contributed by atoms with Crippen molar-refractivity contribution in [1.82, 2.24) is 15.4 Å². The molecule has 0 saturated carbocycles. The molecule has 31 heavy (non-hydrogen) atoms. The minimum absolute atomic E-state index is 0.0643. The third-order valence-electron chi connectivity index (χ3n) is 6.41. The van der Waals surface area contributed by atoms with Gasteiger partial charge in [0.2, 0.25) is 5.91 Å². The van der Waals surface area contributed by atoms with Crippen molar-refractivity contribution in [3.8, 4) is 0 Å². The van der Waals surface area contributed by atoms with Gasteiger partial charge in [0.1, 0.15) is 11.5 Å². The Hall–Kier alpha value is -2.42. The molecular weight excluding hydrogens is 396 g/mol. The van der Waals surface area contributed by atoms with Gasteiger partial charge in [-0.2, -0.15) is 0 Å². The minimum atomic E-state index is -1.30. The summed E-state index contributed by atoms with van der Waals surface area (Å²) in [6.07, 6.45) is 0.786. The van der Waals surface area contributed by atoms with E-state index in [4.69, 9.17) is 4.52 Å². The number of aliphatic hydroxyl groups excluding tert-OH is 1. The maximum absolute atomic E-state index is 12.9. The molecule has 168 valence electrons. The second kappa shape index (κ2) is 8.98. The van der Waals surface area contributed by atoms with Gasteiger partial charge < -0.3 is 24.5 Å². The number of benzene rings is 1. The molecule has 2 aliphatic heterocycles. The molecule has 4 atom stereocenters. The first-order chi connectivity index (χ1) is 14.8. The monoisotopic (exact) mass is 428 g/mol. The zero-order chi connectivity index (χ0) is 22.0. The molecule has 2 fully saturated rings. The molecule has 2 aromatic rings. The molecule has 8 nitrogen and oxygen atoms in total. The summed E-state index contributed by atoms with van der Waals surface area (Å²) in [6, 6.07) is 11.6. The summed E-state index contributed by atoms with van der Waals surface area (Å²) in [6.45, 7) is 6.26. The van der Waals surface area contributed by atoms with Crippen molar-refractivity contribution in [3.63, 3.8) is 0 Å². The molecule has 0 spiro atoms. The van der Waals surface area contributed by atoms with Crippen molar-refractivity contribution in [2.75, 3.05) is 31.1 Å². The first kappa shape index (κ1) is 21.8. The topological polar surface area (TPSA) is 102 Å². The summed E-state index contributed by atoms with van der Waals surface area (Å²) in [5, 5.41) is 28.5. The Labute approximate surface area is 182 Å². The van der Waals surface area contributed by atoms with E-state index in [2.05, 4.69) is 27.5 Å². The average Bonchev–Trinajstić information content (AvgIpc) is 3.47. The molecular formula is C23H32N4O4. The van der Waals surface area contributed by atoms with E-state index in [-0.39, 0.29) is 18.9 Å². The number of hydrogen-bond acceptors (Lipinski definition) is 7. The van der Waals surface area contributed by atoms with Crippen molar-refractivity contribution in [2.45, 2.75) is 51.0 Å². The number of hydrogen-bond donors (Lipinski definition) is 3. The first-order valence-corrected chi connectivity index (χ1v) is 11.0. The Morgan fingerprint density at radius 2 is 2.10 bits per heavy atom. The van der Waals surface area contributed by atoms with Gasteiger partial charge in [-0.05, 0) is 44.7 Å². The summed E-state index contributed by atoms with van der Waals surface area (Å²) >= 11 is 0. The number of amides is 1. The van der Waals surface area contributed by atoms with Crippen LogP contribution in [0.5, 0.6) is 0 Å². The molecule has 1 amide bonds. The van der Waals surface area contributed by atoms with Crippen LogP contribution in [-0.2, 0) is 11.2 Å². The highest BCUT2D eigenvalue weighted by atomic mass is 16.5. The Kier molecular flexibility index (Phi) is 6.31. The summed E-state index contributed by atoms with van der Waals surface area (Å²) in [7, 11) is 0. The number of nitrogens with one attached hydrogen (secondary N) is 1. The fourth-order valence-corrected chi connectivity index (χ4v) is 4.71. The quantitative estimate of drug-likeness (QED) is 0.572. The van der Waals surface area contributed by atoms with Gasteiger partial charge in [0.25, 0.3) is 0 Å². The van der Waals surface area contributed by atoms with Gasteiger partial charge >= 0.3 is 0 Å². The standard InChI is InChI=1S/C23H32N4O4/c1-16-10-20(31-25-16)12-22(29)27-15-19(28)11-21(27)23(2,30)24-13-17-8-9-26(14-17)18-6-4-3-5-7-18/h3-7,10,17,19,21,24,28,30H,8-9,11-15H2,1-2H3/t17?,19-,21+,23?/m1/s1. The lowest BCUT2D eigenvalue weighted by atomic mass is 10.0. The lowest BCUT2D eigenvalue weighted by Crippen LogP contribution is -2.59. The van der Waals surface area contributed by atoms with Crippen LogP contribution in [0.1, 0.15) is 31.2 Å². The number of rotatable bonds is 7. The molecule has 1 aromatic heterocycles. The molecule has 3 N–H and O–H groups in total. The number of para-hydroxylation sites is 1. The van der Waals surface area contributed by atoms with Crippen LogP contribution >= 0.6 is 0 Å². The van der Waals surface area contributed by atoms with Crippen LogP contribution in [0.15, 0.2) is 40.9 Å². The van der Waals surface area contributed by atoms with Crippen molar-refractivity contribution in [3.05, 3.63) is 47.9 Å². The molecule has 1 aromatic carbocycles. The number of β-amino-alcohol motifs (C(OH)–C–C–N with tert-alkyl or cyclic N) is 1. The van der Waals surface area contributed by atoms with E-state index < -0.39 is 17.9 Å². The highest BCUT2D eigenvalue weighted by Gasteiger charge is 2.45. The first-order valence-electron chi connectivity index (χ1n) is 11.0. The van der Waals surface area contributed by atoms with Crippen molar-refractivity contribution < 1.29 is 19.5 Å². The molecule has 2 unspecified atom stereocenters. The van der Waals surface area contributed by atoms with Gasteiger partial charge in [0.15, 0.2) is 0 Å². The van der Waals surface area contributed by atoms with Gasteiger partial charge in [-0.1, -0.05) is 23.4 Å². The lowest BCUT2D eigenvalue weighted by molar-refractivity contribution is -0.138. The number of likely N-dealkylation sites (tertiary alicyclic amines) is 1. The van der Waals surface area contributed by atoms with Crippen molar-refractivity contribution in [1.29, 1.82) is 0 Å². The van der Waals surface area contributed by atoms with Gasteiger partial charge in [0, 0.05) is 37.9 Å². The van der Waals surface area contributed by atoms with Gasteiger partial charge in [-0.15, -0.1) is 0 Å². The highest BCUT2D eigenvalue weighted by molar-refractivity contribution is 5.79. The summed E-state index contributed by atoms with van der Waals surface area (Å²) in [4.78, 5) is 16.8. The zero-order valence-corrected chi connectivity index (χ0v) is 18.2. The Balaban J connectivity index is 1.34. The molecule has 0 radical (unpaired) electrons. The fraction of sp³-hybridized carbons (Fsp3) is 0.565. The van der Waals surface area contributed by atoms with Gasteiger partial charge in [0.05, 0.1) is 24.3 Å². The molecule has 3 heterocycles.